The van der Waals surface area contributed by atoms with E-state index in [9.17, 15) is 9.50 Å². The van der Waals surface area contributed by atoms with E-state index >= 15 is 0 Å². The second-order valence-corrected chi connectivity index (χ2v) is 5.51. The Hall–Kier alpha value is -0.290. The minimum atomic E-state index is -0.711. The van der Waals surface area contributed by atoms with E-state index in [2.05, 4.69) is 0 Å². The predicted molar refractivity (Wildman–Crippen MR) is 68.2 cm³/mol. The molecule has 1 fully saturated rings. The normalized spacial score (nSPS) is 22.4. The summed E-state index contributed by atoms with van der Waals surface area (Å²) < 4.78 is 19.0. The molecule has 0 saturated carbocycles. The van der Waals surface area contributed by atoms with Crippen molar-refractivity contribution in [3.8, 4) is 0 Å². The van der Waals surface area contributed by atoms with Crippen molar-refractivity contribution in [2.75, 3.05) is 18.1 Å². The molecule has 1 aliphatic rings. The molecule has 2 nitrogen and oxygen atoms in total. The molecule has 2 atom stereocenters. The third kappa shape index (κ3) is 3.35. The Balaban J connectivity index is 2.04. The van der Waals surface area contributed by atoms with Gasteiger partial charge in [-0.1, -0.05) is 17.7 Å². The van der Waals surface area contributed by atoms with Crippen LogP contribution in [0.1, 0.15) is 5.56 Å². The van der Waals surface area contributed by atoms with Crippen molar-refractivity contribution in [2.45, 2.75) is 18.6 Å². The van der Waals surface area contributed by atoms with Gasteiger partial charge >= 0.3 is 0 Å². The smallest absolute Gasteiger partial charge is 0.127 e. The summed E-state index contributed by atoms with van der Waals surface area (Å²) >= 11 is 7.65. The zero-order valence-corrected chi connectivity index (χ0v) is 10.8. The van der Waals surface area contributed by atoms with Gasteiger partial charge in [0.15, 0.2) is 0 Å². The van der Waals surface area contributed by atoms with Crippen molar-refractivity contribution in [3.63, 3.8) is 0 Å². The molecule has 2 rings (SSSR count). The fourth-order valence-electron chi connectivity index (χ4n) is 1.80. The number of halogens is 2. The molecule has 0 spiro atoms. The molecular weight excluding hydrogens is 263 g/mol. The first-order valence-electron chi connectivity index (χ1n) is 5.49. The molecule has 1 saturated heterocycles. The average molecular weight is 277 g/mol. The van der Waals surface area contributed by atoms with E-state index in [1.165, 1.54) is 6.07 Å². The van der Waals surface area contributed by atoms with Crippen LogP contribution in [0, 0.1) is 5.82 Å². The van der Waals surface area contributed by atoms with Crippen LogP contribution in [0.15, 0.2) is 18.2 Å². The van der Waals surface area contributed by atoms with E-state index in [0.717, 1.165) is 11.5 Å². The molecule has 2 unspecified atom stereocenters. The quantitative estimate of drug-likeness (QED) is 0.920. The average Bonchev–Trinajstić information content (AvgIpc) is 2.35. The lowest BCUT2D eigenvalue weighted by atomic mass is 10.0. The lowest BCUT2D eigenvalue weighted by Gasteiger charge is -2.27. The first kappa shape index (κ1) is 13.1. The Morgan fingerprint density at radius 1 is 1.59 bits per heavy atom. The standard InChI is InChI=1S/C12H14ClFO2S/c13-9-2-1-3-10(14)8(9)6-11(15)12-7-17-5-4-16-12/h1-3,11-12,15H,4-7H2. The summed E-state index contributed by atoms with van der Waals surface area (Å²) in [6.07, 6.45) is -0.752. The van der Waals surface area contributed by atoms with Crippen molar-refractivity contribution < 1.29 is 14.2 Å². The van der Waals surface area contributed by atoms with Gasteiger partial charge in [-0.2, -0.15) is 11.8 Å². The minimum absolute atomic E-state index is 0.191. The van der Waals surface area contributed by atoms with E-state index < -0.39 is 6.10 Å². The monoisotopic (exact) mass is 276 g/mol. The van der Waals surface area contributed by atoms with Crippen LogP contribution in [0.25, 0.3) is 0 Å². The molecule has 1 aliphatic heterocycles. The van der Waals surface area contributed by atoms with Crippen LogP contribution >= 0.6 is 23.4 Å². The summed E-state index contributed by atoms with van der Waals surface area (Å²) in [5.41, 5.74) is 0.362. The molecule has 17 heavy (non-hydrogen) atoms. The first-order valence-corrected chi connectivity index (χ1v) is 7.02. The molecule has 1 aromatic rings. The van der Waals surface area contributed by atoms with Crippen molar-refractivity contribution in [1.82, 2.24) is 0 Å². The molecule has 0 bridgehead atoms. The van der Waals surface area contributed by atoms with Gasteiger partial charge in [0.05, 0.1) is 18.8 Å². The van der Waals surface area contributed by atoms with Crippen molar-refractivity contribution >= 4 is 23.4 Å². The molecule has 1 N–H and O–H groups in total. The summed E-state index contributed by atoms with van der Waals surface area (Å²) in [6, 6.07) is 4.54. The number of rotatable bonds is 3. The van der Waals surface area contributed by atoms with Crippen LogP contribution in [0.3, 0.4) is 0 Å². The van der Waals surface area contributed by atoms with Gasteiger partial charge in [0.2, 0.25) is 0 Å². The Bertz CT molecular complexity index is 363. The summed E-state index contributed by atoms with van der Waals surface area (Å²) in [5, 5.41) is 10.4. The van der Waals surface area contributed by atoms with Crippen LogP contribution in [0.4, 0.5) is 4.39 Å². The van der Waals surface area contributed by atoms with E-state index in [4.69, 9.17) is 16.3 Å². The highest BCUT2D eigenvalue weighted by molar-refractivity contribution is 7.99. The maximum Gasteiger partial charge on any atom is 0.127 e. The van der Waals surface area contributed by atoms with Crippen LogP contribution in [0.2, 0.25) is 5.02 Å². The zero-order chi connectivity index (χ0) is 12.3. The van der Waals surface area contributed by atoms with E-state index in [1.54, 1.807) is 23.9 Å². The summed E-state index contributed by atoms with van der Waals surface area (Å²) in [5.74, 6) is 1.32. The third-order valence-corrected chi connectivity index (χ3v) is 4.12. The molecule has 94 valence electrons. The summed E-state index contributed by atoms with van der Waals surface area (Å²) in [7, 11) is 0. The van der Waals surface area contributed by atoms with Gasteiger partial charge in [-0.15, -0.1) is 0 Å². The first-order chi connectivity index (χ1) is 8.18. The molecule has 0 aromatic heterocycles. The van der Waals surface area contributed by atoms with Gasteiger partial charge in [-0.3, -0.25) is 0 Å². The number of benzene rings is 1. The van der Waals surface area contributed by atoms with Gasteiger partial charge in [0.1, 0.15) is 5.82 Å². The van der Waals surface area contributed by atoms with E-state index in [1.807, 2.05) is 0 Å². The number of hydrogen-bond donors (Lipinski definition) is 1. The number of aliphatic hydroxyl groups excluding tert-OH is 1. The molecular formula is C12H14ClFO2S. The van der Waals surface area contributed by atoms with Crippen molar-refractivity contribution in [2.24, 2.45) is 0 Å². The highest BCUT2D eigenvalue weighted by Crippen LogP contribution is 2.23. The topological polar surface area (TPSA) is 29.5 Å². The van der Waals surface area contributed by atoms with Crippen molar-refractivity contribution in [3.05, 3.63) is 34.6 Å². The van der Waals surface area contributed by atoms with Crippen molar-refractivity contribution in [1.29, 1.82) is 0 Å². The Kier molecular flexibility index (Phi) is 4.68. The fraction of sp³-hybridized carbons (Fsp3) is 0.500. The molecule has 0 radical (unpaired) electrons. The highest BCUT2D eigenvalue weighted by Gasteiger charge is 2.24. The van der Waals surface area contributed by atoms with Gasteiger partial charge in [0.25, 0.3) is 0 Å². The van der Waals surface area contributed by atoms with E-state index in [0.29, 0.717) is 17.2 Å². The largest absolute Gasteiger partial charge is 0.390 e. The van der Waals surface area contributed by atoms with Gasteiger partial charge < -0.3 is 9.84 Å². The Morgan fingerprint density at radius 2 is 2.41 bits per heavy atom. The molecule has 5 heteroatoms. The third-order valence-electron chi connectivity index (χ3n) is 2.75. The number of thioether (sulfide) groups is 1. The molecule has 1 aromatic carbocycles. The minimum Gasteiger partial charge on any atom is -0.390 e. The number of ether oxygens (including phenoxy) is 1. The van der Waals surface area contributed by atoms with Gasteiger partial charge in [-0.05, 0) is 12.1 Å². The zero-order valence-electron chi connectivity index (χ0n) is 9.23. The highest BCUT2D eigenvalue weighted by atomic mass is 35.5. The fourth-order valence-corrected chi connectivity index (χ4v) is 2.97. The van der Waals surface area contributed by atoms with Crippen LogP contribution in [-0.4, -0.2) is 35.4 Å². The maximum atomic E-state index is 13.5. The lowest BCUT2D eigenvalue weighted by molar-refractivity contribution is -0.0210. The predicted octanol–water partition coefficient (Wildman–Crippen LogP) is 2.51. The summed E-state index contributed by atoms with van der Waals surface area (Å²) in [4.78, 5) is 0. The van der Waals surface area contributed by atoms with Crippen LogP contribution < -0.4 is 0 Å². The molecule has 1 heterocycles. The number of aliphatic hydroxyl groups is 1. The Labute approximate surface area is 109 Å². The van der Waals surface area contributed by atoms with Crippen LogP contribution in [-0.2, 0) is 11.2 Å². The second-order valence-electron chi connectivity index (χ2n) is 3.96. The lowest BCUT2D eigenvalue weighted by Crippen LogP contribution is -2.36. The second kappa shape index (κ2) is 6.05. The van der Waals surface area contributed by atoms with Gasteiger partial charge in [-0.25, -0.2) is 4.39 Å². The summed E-state index contributed by atoms with van der Waals surface area (Å²) in [6.45, 7) is 0.636. The Morgan fingerprint density at radius 3 is 3.06 bits per heavy atom. The molecule has 0 aliphatic carbocycles. The SMILES string of the molecule is OC(Cc1c(F)cccc1Cl)C1CSCCO1. The van der Waals surface area contributed by atoms with E-state index in [-0.39, 0.29) is 18.3 Å². The molecule has 0 amide bonds. The maximum absolute atomic E-state index is 13.5. The van der Waals surface area contributed by atoms with Crippen LogP contribution in [0.5, 0.6) is 0 Å². The van der Waals surface area contributed by atoms with Gasteiger partial charge in [0, 0.05) is 28.5 Å². The number of hydrogen-bond acceptors (Lipinski definition) is 3.